The summed E-state index contributed by atoms with van der Waals surface area (Å²) < 4.78 is 12.8. The molecule has 2 heterocycles. The Balaban J connectivity index is 1.43. The summed E-state index contributed by atoms with van der Waals surface area (Å²) in [5.74, 6) is 0.763. The molecule has 4 rings (SSSR count). The first kappa shape index (κ1) is 24.4. The number of aromatic nitrogens is 2. The third-order valence-electron chi connectivity index (χ3n) is 5.63. The van der Waals surface area contributed by atoms with Gasteiger partial charge in [0, 0.05) is 43.5 Å². The quantitative estimate of drug-likeness (QED) is 0.492. The van der Waals surface area contributed by atoms with Gasteiger partial charge < -0.3 is 20.1 Å². The SMILES string of the molecule is CCNC(=O)Nc1cccc(Cn2nc(-c3cccc(OCCN4CCOCC4)c3)ccc2=O)c1. The van der Waals surface area contributed by atoms with E-state index in [-0.39, 0.29) is 18.1 Å². The fourth-order valence-electron chi connectivity index (χ4n) is 3.83. The summed E-state index contributed by atoms with van der Waals surface area (Å²) in [5.41, 5.74) is 2.86. The second-order valence-electron chi connectivity index (χ2n) is 8.23. The predicted molar refractivity (Wildman–Crippen MR) is 135 cm³/mol. The highest BCUT2D eigenvalue weighted by Gasteiger charge is 2.11. The highest BCUT2D eigenvalue weighted by Crippen LogP contribution is 2.22. The second kappa shape index (κ2) is 12.1. The molecule has 0 saturated carbocycles. The maximum Gasteiger partial charge on any atom is 0.319 e. The molecule has 1 aromatic heterocycles. The van der Waals surface area contributed by atoms with Gasteiger partial charge in [0.05, 0.1) is 25.5 Å². The van der Waals surface area contributed by atoms with Gasteiger partial charge in [-0.1, -0.05) is 24.3 Å². The lowest BCUT2D eigenvalue weighted by atomic mass is 10.1. The van der Waals surface area contributed by atoms with Gasteiger partial charge in [-0.2, -0.15) is 5.10 Å². The fourth-order valence-corrected chi connectivity index (χ4v) is 3.83. The van der Waals surface area contributed by atoms with Gasteiger partial charge in [0.1, 0.15) is 12.4 Å². The Kier molecular flexibility index (Phi) is 8.48. The molecule has 1 fully saturated rings. The molecule has 3 aromatic rings. The largest absolute Gasteiger partial charge is 0.492 e. The molecule has 35 heavy (non-hydrogen) atoms. The van der Waals surface area contributed by atoms with Crippen molar-refractivity contribution in [3.05, 3.63) is 76.6 Å². The number of anilines is 1. The molecular formula is C26H31N5O4. The number of urea groups is 1. The lowest BCUT2D eigenvalue weighted by molar-refractivity contribution is 0.0322. The summed E-state index contributed by atoms with van der Waals surface area (Å²) >= 11 is 0. The van der Waals surface area contributed by atoms with Gasteiger partial charge in [0.15, 0.2) is 0 Å². The number of hydrogen-bond donors (Lipinski definition) is 2. The van der Waals surface area contributed by atoms with Crippen LogP contribution in [-0.4, -0.2) is 66.7 Å². The minimum Gasteiger partial charge on any atom is -0.492 e. The molecule has 0 atom stereocenters. The van der Waals surface area contributed by atoms with Crippen molar-refractivity contribution in [2.75, 3.05) is 51.3 Å². The van der Waals surface area contributed by atoms with Gasteiger partial charge in [-0.25, -0.2) is 9.48 Å². The number of amides is 2. The Labute approximate surface area is 204 Å². The van der Waals surface area contributed by atoms with Crippen LogP contribution in [-0.2, 0) is 11.3 Å². The molecule has 1 aliphatic rings. The number of rotatable bonds is 9. The zero-order chi connectivity index (χ0) is 24.5. The summed E-state index contributed by atoms with van der Waals surface area (Å²) in [7, 11) is 0. The van der Waals surface area contributed by atoms with Gasteiger partial charge >= 0.3 is 6.03 Å². The number of nitrogens with one attached hydrogen (secondary N) is 2. The summed E-state index contributed by atoms with van der Waals surface area (Å²) in [6.45, 7) is 7.53. The van der Waals surface area contributed by atoms with Crippen LogP contribution in [0.15, 0.2) is 65.5 Å². The first-order valence-electron chi connectivity index (χ1n) is 11.9. The van der Waals surface area contributed by atoms with Gasteiger partial charge in [0.2, 0.25) is 0 Å². The second-order valence-corrected chi connectivity index (χ2v) is 8.23. The summed E-state index contributed by atoms with van der Waals surface area (Å²) in [5, 5.41) is 10.1. The minimum absolute atomic E-state index is 0.200. The summed E-state index contributed by atoms with van der Waals surface area (Å²) in [6.07, 6.45) is 0. The molecule has 1 aliphatic heterocycles. The van der Waals surface area contributed by atoms with E-state index in [0.717, 1.165) is 49.7 Å². The molecule has 2 aromatic carbocycles. The first-order valence-corrected chi connectivity index (χ1v) is 11.9. The zero-order valence-electron chi connectivity index (χ0n) is 19.9. The molecule has 0 radical (unpaired) electrons. The maximum absolute atomic E-state index is 12.5. The Morgan fingerprint density at radius 1 is 1.09 bits per heavy atom. The Morgan fingerprint density at radius 3 is 2.74 bits per heavy atom. The lowest BCUT2D eigenvalue weighted by Crippen LogP contribution is -2.38. The zero-order valence-corrected chi connectivity index (χ0v) is 19.9. The highest BCUT2D eigenvalue weighted by molar-refractivity contribution is 5.89. The Bertz CT molecular complexity index is 1190. The van der Waals surface area contributed by atoms with E-state index in [4.69, 9.17) is 9.47 Å². The van der Waals surface area contributed by atoms with Crippen LogP contribution < -0.4 is 20.9 Å². The maximum atomic E-state index is 12.5. The lowest BCUT2D eigenvalue weighted by Gasteiger charge is -2.26. The molecule has 2 N–H and O–H groups in total. The molecule has 0 spiro atoms. The van der Waals surface area contributed by atoms with E-state index in [2.05, 4.69) is 20.6 Å². The Morgan fingerprint density at radius 2 is 1.91 bits per heavy atom. The number of morpholine rings is 1. The van der Waals surface area contributed by atoms with Crippen molar-refractivity contribution in [2.45, 2.75) is 13.5 Å². The fraction of sp³-hybridized carbons (Fsp3) is 0.346. The van der Waals surface area contributed by atoms with Crippen molar-refractivity contribution >= 4 is 11.7 Å². The van der Waals surface area contributed by atoms with Gasteiger partial charge in [0.25, 0.3) is 5.56 Å². The average molecular weight is 478 g/mol. The van der Waals surface area contributed by atoms with Crippen LogP contribution in [0.3, 0.4) is 0 Å². The number of hydrogen-bond acceptors (Lipinski definition) is 6. The van der Waals surface area contributed by atoms with Gasteiger partial charge in [-0.3, -0.25) is 9.69 Å². The minimum atomic E-state index is -0.269. The number of benzene rings is 2. The number of ether oxygens (including phenoxy) is 2. The third-order valence-corrected chi connectivity index (χ3v) is 5.63. The molecule has 1 saturated heterocycles. The van der Waals surface area contributed by atoms with Crippen molar-refractivity contribution in [1.29, 1.82) is 0 Å². The number of nitrogens with zero attached hydrogens (tertiary/aromatic N) is 3. The van der Waals surface area contributed by atoms with Crippen LogP contribution in [0.4, 0.5) is 10.5 Å². The number of carbonyl (C=O) groups is 1. The van der Waals surface area contributed by atoms with Crippen molar-refractivity contribution in [3.63, 3.8) is 0 Å². The van der Waals surface area contributed by atoms with Crippen LogP contribution in [0.5, 0.6) is 5.75 Å². The van der Waals surface area contributed by atoms with Gasteiger partial charge in [-0.05, 0) is 42.8 Å². The Hall–Kier alpha value is -3.69. The molecule has 9 heteroatoms. The van der Waals surface area contributed by atoms with Crippen molar-refractivity contribution in [1.82, 2.24) is 20.0 Å². The highest BCUT2D eigenvalue weighted by atomic mass is 16.5. The summed E-state index contributed by atoms with van der Waals surface area (Å²) in [4.78, 5) is 26.6. The van der Waals surface area contributed by atoms with Crippen LogP contribution in [0, 0.1) is 0 Å². The van der Waals surface area contributed by atoms with E-state index < -0.39 is 0 Å². The first-order chi connectivity index (χ1) is 17.1. The van der Waals surface area contributed by atoms with Crippen LogP contribution in [0.1, 0.15) is 12.5 Å². The van der Waals surface area contributed by atoms with E-state index in [1.807, 2.05) is 49.4 Å². The van der Waals surface area contributed by atoms with Crippen LogP contribution >= 0.6 is 0 Å². The molecule has 0 aliphatic carbocycles. The molecule has 0 unspecified atom stereocenters. The number of carbonyl (C=O) groups excluding carboxylic acids is 1. The van der Waals surface area contributed by atoms with E-state index in [1.165, 1.54) is 10.7 Å². The standard InChI is InChI=1S/C26H31N5O4/c1-2-27-26(33)28-22-7-3-5-20(17-22)19-31-25(32)10-9-24(29-31)21-6-4-8-23(18-21)35-16-13-30-11-14-34-15-12-30/h3-10,17-18H,2,11-16,19H2,1H3,(H2,27,28,33). The van der Waals surface area contributed by atoms with Gasteiger partial charge in [-0.15, -0.1) is 0 Å². The van der Waals surface area contributed by atoms with E-state index in [0.29, 0.717) is 24.5 Å². The van der Waals surface area contributed by atoms with Crippen molar-refractivity contribution in [3.8, 4) is 17.0 Å². The summed E-state index contributed by atoms with van der Waals surface area (Å²) in [6, 6.07) is 18.1. The van der Waals surface area contributed by atoms with Crippen molar-refractivity contribution in [2.24, 2.45) is 0 Å². The third kappa shape index (κ3) is 7.14. The van der Waals surface area contributed by atoms with E-state index >= 15 is 0 Å². The average Bonchev–Trinajstić information content (AvgIpc) is 2.87. The molecule has 9 nitrogen and oxygen atoms in total. The van der Waals surface area contributed by atoms with E-state index in [1.54, 1.807) is 12.1 Å². The molecular weight excluding hydrogens is 446 g/mol. The van der Waals surface area contributed by atoms with Crippen molar-refractivity contribution < 1.29 is 14.3 Å². The normalized spacial score (nSPS) is 13.9. The van der Waals surface area contributed by atoms with Crippen LogP contribution in [0.2, 0.25) is 0 Å². The predicted octanol–water partition coefficient (Wildman–Crippen LogP) is 2.81. The molecule has 184 valence electrons. The van der Waals surface area contributed by atoms with Crippen LogP contribution in [0.25, 0.3) is 11.3 Å². The molecule has 0 bridgehead atoms. The topological polar surface area (TPSA) is 97.7 Å². The van der Waals surface area contributed by atoms with E-state index in [9.17, 15) is 9.59 Å². The monoisotopic (exact) mass is 477 g/mol. The smallest absolute Gasteiger partial charge is 0.319 e. The molecule has 2 amide bonds.